The van der Waals surface area contributed by atoms with Gasteiger partial charge in [-0.3, -0.25) is 4.79 Å². The molecule has 1 amide bonds. The van der Waals surface area contributed by atoms with E-state index in [0.717, 1.165) is 25.7 Å². The molecule has 0 aromatic rings. The van der Waals surface area contributed by atoms with Gasteiger partial charge in [-0.25, -0.2) is 8.42 Å². The number of hydrogen-bond donors (Lipinski definition) is 1. The third-order valence-electron chi connectivity index (χ3n) is 4.80. The van der Waals surface area contributed by atoms with E-state index in [-0.39, 0.29) is 48.7 Å². The second-order valence-corrected chi connectivity index (χ2v) is 9.17. The van der Waals surface area contributed by atoms with Gasteiger partial charge in [0.2, 0.25) is 15.9 Å². The zero-order valence-electron chi connectivity index (χ0n) is 15.2. The van der Waals surface area contributed by atoms with Gasteiger partial charge < -0.3 is 15.4 Å². The van der Waals surface area contributed by atoms with Crippen LogP contribution in [0.25, 0.3) is 0 Å². The molecule has 7 nitrogen and oxygen atoms in total. The Balaban J connectivity index is 0.00000312. The molecule has 0 aromatic heterocycles. The first kappa shape index (κ1) is 22.6. The van der Waals surface area contributed by atoms with Gasteiger partial charge in [0.15, 0.2) is 0 Å². The molecule has 2 rings (SSSR count). The summed E-state index contributed by atoms with van der Waals surface area (Å²) in [6.07, 6.45) is 3.67. The number of nitrogens with zero attached hydrogens (tertiary/aromatic N) is 2. The average molecular weight is 398 g/mol. The molecule has 9 heteroatoms. The number of ether oxygens (including phenoxy) is 1. The Hall–Kier alpha value is -0.410. The molecule has 148 valence electrons. The molecule has 0 radical (unpaired) electrons. The third kappa shape index (κ3) is 6.67. The minimum Gasteiger partial charge on any atom is -0.378 e. The highest BCUT2D eigenvalue weighted by molar-refractivity contribution is 7.89. The van der Waals surface area contributed by atoms with Crippen molar-refractivity contribution in [2.45, 2.75) is 51.7 Å². The van der Waals surface area contributed by atoms with E-state index in [4.69, 9.17) is 10.5 Å². The van der Waals surface area contributed by atoms with Gasteiger partial charge in [-0.15, -0.1) is 12.4 Å². The van der Waals surface area contributed by atoms with Crippen molar-refractivity contribution >= 4 is 28.3 Å². The van der Waals surface area contributed by atoms with Crippen LogP contribution in [0.4, 0.5) is 0 Å². The third-order valence-corrected chi connectivity index (χ3v) is 6.63. The van der Waals surface area contributed by atoms with Crippen molar-refractivity contribution in [3.63, 3.8) is 0 Å². The standard InChI is InChI=1S/C16H31N3O4S.ClH/c1-13(2)23-10-11-24(21,22)19-8-6-18(7-9-19)16(20)14-4-3-5-15(17)12-14;/h13-15H,3-12,17H2,1-2H3;1H. The molecule has 2 aliphatic rings. The predicted octanol–water partition coefficient (Wildman–Crippen LogP) is 0.825. The van der Waals surface area contributed by atoms with Crippen LogP contribution >= 0.6 is 12.4 Å². The first-order chi connectivity index (χ1) is 11.3. The minimum absolute atomic E-state index is 0. The van der Waals surface area contributed by atoms with Gasteiger partial charge >= 0.3 is 0 Å². The molecule has 1 heterocycles. The summed E-state index contributed by atoms with van der Waals surface area (Å²) in [6, 6.07) is 0.121. The van der Waals surface area contributed by atoms with E-state index >= 15 is 0 Å². The number of sulfonamides is 1. The predicted molar refractivity (Wildman–Crippen MR) is 100 cm³/mol. The molecular weight excluding hydrogens is 366 g/mol. The lowest BCUT2D eigenvalue weighted by molar-refractivity contribution is -0.137. The Morgan fingerprint density at radius 1 is 1.20 bits per heavy atom. The summed E-state index contributed by atoms with van der Waals surface area (Å²) in [5.41, 5.74) is 5.97. The number of carbonyl (C=O) groups is 1. The maximum Gasteiger partial charge on any atom is 0.225 e. The van der Waals surface area contributed by atoms with Crippen LogP contribution in [0.2, 0.25) is 0 Å². The van der Waals surface area contributed by atoms with Crippen molar-refractivity contribution in [1.29, 1.82) is 0 Å². The lowest BCUT2D eigenvalue weighted by atomic mass is 9.85. The van der Waals surface area contributed by atoms with Gasteiger partial charge in [0.1, 0.15) is 0 Å². The Kier molecular flexibility index (Phi) is 9.11. The molecule has 25 heavy (non-hydrogen) atoms. The summed E-state index contributed by atoms with van der Waals surface area (Å²) in [5.74, 6) is 0.151. The van der Waals surface area contributed by atoms with E-state index in [2.05, 4.69) is 0 Å². The molecule has 0 bridgehead atoms. The van der Waals surface area contributed by atoms with Crippen molar-refractivity contribution in [1.82, 2.24) is 9.21 Å². The molecule has 1 aliphatic heterocycles. The van der Waals surface area contributed by atoms with Gasteiger partial charge in [-0.05, 0) is 33.1 Å². The summed E-state index contributed by atoms with van der Waals surface area (Å²) < 4.78 is 31.4. The Labute approximate surface area is 157 Å². The van der Waals surface area contributed by atoms with Crippen LogP contribution in [0.15, 0.2) is 0 Å². The molecule has 2 unspecified atom stereocenters. The van der Waals surface area contributed by atoms with Gasteiger partial charge in [-0.1, -0.05) is 6.42 Å². The maximum absolute atomic E-state index is 12.6. The Morgan fingerprint density at radius 2 is 1.84 bits per heavy atom. The molecule has 2 fully saturated rings. The highest BCUT2D eigenvalue weighted by Crippen LogP contribution is 2.25. The van der Waals surface area contributed by atoms with Crippen LogP contribution in [-0.4, -0.2) is 74.2 Å². The van der Waals surface area contributed by atoms with Crippen LogP contribution in [0.3, 0.4) is 0 Å². The molecular formula is C16H32ClN3O4S. The van der Waals surface area contributed by atoms with E-state index in [1.807, 2.05) is 13.8 Å². The van der Waals surface area contributed by atoms with Gasteiger partial charge in [0.25, 0.3) is 0 Å². The number of carbonyl (C=O) groups excluding carboxylic acids is 1. The molecule has 0 spiro atoms. The van der Waals surface area contributed by atoms with E-state index in [1.165, 1.54) is 4.31 Å². The fourth-order valence-corrected chi connectivity index (χ4v) is 4.70. The maximum atomic E-state index is 12.6. The zero-order chi connectivity index (χ0) is 17.7. The molecule has 1 saturated heterocycles. The van der Waals surface area contributed by atoms with E-state index < -0.39 is 10.0 Å². The number of hydrogen-bond acceptors (Lipinski definition) is 5. The highest BCUT2D eigenvalue weighted by atomic mass is 35.5. The van der Waals surface area contributed by atoms with Crippen LogP contribution in [0.1, 0.15) is 39.5 Å². The largest absolute Gasteiger partial charge is 0.378 e. The van der Waals surface area contributed by atoms with E-state index in [1.54, 1.807) is 4.90 Å². The normalized spacial score (nSPS) is 25.7. The summed E-state index contributed by atoms with van der Waals surface area (Å²) >= 11 is 0. The topological polar surface area (TPSA) is 92.9 Å². The fourth-order valence-electron chi connectivity index (χ4n) is 3.41. The number of halogens is 1. The molecule has 2 atom stereocenters. The molecule has 0 aromatic carbocycles. The van der Waals surface area contributed by atoms with Crippen molar-refractivity contribution in [2.75, 3.05) is 38.5 Å². The smallest absolute Gasteiger partial charge is 0.225 e. The summed E-state index contributed by atoms with van der Waals surface area (Å²) in [7, 11) is -3.31. The van der Waals surface area contributed by atoms with Gasteiger partial charge in [0.05, 0.1) is 18.5 Å². The monoisotopic (exact) mass is 397 g/mol. The second kappa shape index (κ2) is 10.1. The number of amides is 1. The average Bonchev–Trinajstić information content (AvgIpc) is 2.54. The van der Waals surface area contributed by atoms with Gasteiger partial charge in [0, 0.05) is 38.1 Å². The summed E-state index contributed by atoms with van der Waals surface area (Å²) in [5, 5.41) is 0. The fraction of sp³-hybridized carbons (Fsp3) is 0.938. The Morgan fingerprint density at radius 3 is 2.40 bits per heavy atom. The SMILES string of the molecule is CC(C)OCCS(=O)(=O)N1CCN(C(=O)C2CCCC(N)C2)CC1.Cl. The second-order valence-electron chi connectivity index (χ2n) is 7.08. The lowest BCUT2D eigenvalue weighted by Gasteiger charge is -2.37. The molecule has 1 aliphatic carbocycles. The lowest BCUT2D eigenvalue weighted by Crippen LogP contribution is -2.53. The van der Waals surface area contributed by atoms with Crippen LogP contribution in [0.5, 0.6) is 0 Å². The highest BCUT2D eigenvalue weighted by Gasteiger charge is 2.33. The van der Waals surface area contributed by atoms with Crippen molar-refractivity contribution in [3.05, 3.63) is 0 Å². The van der Waals surface area contributed by atoms with Crippen LogP contribution in [-0.2, 0) is 19.6 Å². The Bertz CT molecular complexity index is 521. The van der Waals surface area contributed by atoms with Crippen LogP contribution < -0.4 is 5.73 Å². The van der Waals surface area contributed by atoms with Crippen molar-refractivity contribution in [3.8, 4) is 0 Å². The van der Waals surface area contributed by atoms with Crippen LogP contribution in [0, 0.1) is 5.92 Å². The summed E-state index contributed by atoms with van der Waals surface area (Å²) in [6.45, 7) is 5.65. The van der Waals surface area contributed by atoms with Gasteiger partial charge in [-0.2, -0.15) is 4.31 Å². The number of rotatable bonds is 6. The molecule has 1 saturated carbocycles. The van der Waals surface area contributed by atoms with Crippen molar-refractivity contribution < 1.29 is 17.9 Å². The van der Waals surface area contributed by atoms with E-state index in [0.29, 0.717) is 26.2 Å². The summed E-state index contributed by atoms with van der Waals surface area (Å²) in [4.78, 5) is 14.4. The quantitative estimate of drug-likeness (QED) is 0.716. The minimum atomic E-state index is -3.31. The number of nitrogens with two attached hydrogens (primary N) is 1. The zero-order valence-corrected chi connectivity index (χ0v) is 16.9. The first-order valence-electron chi connectivity index (χ1n) is 8.93. The van der Waals surface area contributed by atoms with Crippen molar-refractivity contribution in [2.24, 2.45) is 11.7 Å². The first-order valence-corrected chi connectivity index (χ1v) is 10.5. The molecule has 2 N–H and O–H groups in total. The number of piperazine rings is 1. The van der Waals surface area contributed by atoms with E-state index in [9.17, 15) is 13.2 Å².